The van der Waals surface area contributed by atoms with Crippen molar-refractivity contribution in [1.29, 1.82) is 5.26 Å². The minimum Gasteiger partial charge on any atom is -0.207 e. The third-order valence-corrected chi connectivity index (χ3v) is 2.12. The molecule has 0 aliphatic heterocycles. The molecule has 1 aromatic carbocycles. The number of rotatable bonds is 1. The van der Waals surface area contributed by atoms with Crippen molar-refractivity contribution in [2.24, 2.45) is 0 Å². The van der Waals surface area contributed by atoms with Crippen LogP contribution in [0.15, 0.2) is 18.2 Å². The number of nitrogens with zero attached hydrogens (tertiary/aromatic N) is 1. The summed E-state index contributed by atoms with van der Waals surface area (Å²) in [5, 5.41) is 8.47. The first-order valence-corrected chi connectivity index (χ1v) is 4.61. The summed E-state index contributed by atoms with van der Waals surface area (Å²) in [4.78, 5) is 0. The molecule has 0 atom stereocenters. The zero-order chi connectivity index (χ0) is 10.8. The Balaban J connectivity index is 3.09. The predicted molar refractivity (Wildman–Crippen MR) is 54.4 cm³/mol. The van der Waals surface area contributed by atoms with Gasteiger partial charge < -0.3 is 0 Å². The Bertz CT molecular complexity index is 369. The molecule has 0 amide bonds. The van der Waals surface area contributed by atoms with Crippen molar-refractivity contribution in [3.8, 4) is 6.07 Å². The maximum atomic E-state index is 13.6. The smallest absolute Gasteiger partial charge is 0.127 e. The highest BCUT2D eigenvalue weighted by molar-refractivity contribution is 5.30. The summed E-state index contributed by atoms with van der Waals surface area (Å²) in [6, 6.07) is 7.03. The monoisotopic (exact) mass is 191 g/mol. The largest absolute Gasteiger partial charge is 0.207 e. The van der Waals surface area contributed by atoms with Crippen molar-refractivity contribution in [1.82, 2.24) is 0 Å². The van der Waals surface area contributed by atoms with Crippen LogP contribution in [0.25, 0.3) is 0 Å². The lowest BCUT2D eigenvalue weighted by molar-refractivity contribution is 0.522. The maximum absolute atomic E-state index is 13.6. The molecule has 0 aliphatic rings. The van der Waals surface area contributed by atoms with E-state index < -0.39 is 0 Å². The summed E-state index contributed by atoms with van der Waals surface area (Å²) in [7, 11) is 0. The first-order chi connectivity index (χ1) is 6.45. The fraction of sp³-hybridized carbons (Fsp3) is 0.417. The van der Waals surface area contributed by atoms with Crippen LogP contribution in [-0.2, 0) is 11.8 Å². The summed E-state index contributed by atoms with van der Waals surface area (Å²) in [6.07, 6.45) is 0.265. The highest BCUT2D eigenvalue weighted by Crippen LogP contribution is 2.25. The molecule has 0 aliphatic carbocycles. The van der Waals surface area contributed by atoms with Crippen molar-refractivity contribution in [3.63, 3.8) is 0 Å². The first-order valence-electron chi connectivity index (χ1n) is 4.61. The van der Waals surface area contributed by atoms with Gasteiger partial charge in [-0.1, -0.05) is 32.9 Å². The second kappa shape index (κ2) is 3.79. The number of nitriles is 1. The molecule has 1 aromatic rings. The summed E-state index contributed by atoms with van der Waals surface area (Å²) in [5.74, 6) is -0.217. The third kappa shape index (κ3) is 2.32. The minimum absolute atomic E-state index is 0.185. The molecule has 1 nitrogen and oxygen atoms in total. The van der Waals surface area contributed by atoms with Gasteiger partial charge in [-0.15, -0.1) is 0 Å². The number of benzene rings is 1. The Kier molecular flexibility index (Phi) is 2.90. The maximum Gasteiger partial charge on any atom is 0.127 e. The Hall–Kier alpha value is -1.36. The van der Waals surface area contributed by atoms with Gasteiger partial charge in [-0.25, -0.2) is 4.39 Å². The fourth-order valence-electron chi connectivity index (χ4n) is 1.37. The van der Waals surface area contributed by atoms with E-state index in [9.17, 15) is 4.39 Å². The Labute approximate surface area is 84.2 Å². The van der Waals surface area contributed by atoms with E-state index in [0.717, 1.165) is 5.56 Å². The number of halogens is 1. The SMILES string of the molecule is CC(C)(C)c1ccc(CC#N)cc1F. The van der Waals surface area contributed by atoms with Crippen LogP contribution in [0.2, 0.25) is 0 Å². The quantitative estimate of drug-likeness (QED) is 0.668. The van der Waals surface area contributed by atoms with Crippen molar-refractivity contribution in [2.45, 2.75) is 32.6 Å². The summed E-state index contributed by atoms with van der Waals surface area (Å²) in [6.45, 7) is 5.90. The van der Waals surface area contributed by atoms with E-state index in [1.807, 2.05) is 32.9 Å². The van der Waals surface area contributed by atoms with Crippen LogP contribution in [0, 0.1) is 17.1 Å². The molecule has 0 saturated heterocycles. The Morgan fingerprint density at radius 1 is 1.36 bits per heavy atom. The highest BCUT2D eigenvalue weighted by Gasteiger charge is 2.17. The number of hydrogen-bond donors (Lipinski definition) is 0. The molecule has 0 heterocycles. The Morgan fingerprint density at radius 2 is 2.00 bits per heavy atom. The standard InChI is InChI=1S/C12H14FN/c1-12(2,3)10-5-4-9(6-7-14)8-11(10)13/h4-5,8H,6H2,1-3H3. The molecule has 0 saturated carbocycles. The van der Waals surface area contributed by atoms with Crippen molar-refractivity contribution >= 4 is 0 Å². The molecule has 0 spiro atoms. The van der Waals surface area contributed by atoms with Gasteiger partial charge >= 0.3 is 0 Å². The van der Waals surface area contributed by atoms with Gasteiger partial charge in [-0.05, 0) is 22.6 Å². The summed E-state index contributed by atoms with van der Waals surface area (Å²) < 4.78 is 13.6. The van der Waals surface area contributed by atoms with E-state index in [0.29, 0.717) is 5.56 Å². The van der Waals surface area contributed by atoms with Gasteiger partial charge in [0.05, 0.1) is 12.5 Å². The van der Waals surface area contributed by atoms with E-state index in [1.54, 1.807) is 6.07 Å². The second-order valence-corrected chi connectivity index (χ2v) is 4.40. The summed E-state index contributed by atoms with van der Waals surface area (Å²) in [5.41, 5.74) is 1.24. The van der Waals surface area contributed by atoms with Crippen molar-refractivity contribution in [2.75, 3.05) is 0 Å². The fourth-order valence-corrected chi connectivity index (χ4v) is 1.37. The molecule has 1 rings (SSSR count). The van der Waals surface area contributed by atoms with Crippen LogP contribution in [-0.4, -0.2) is 0 Å². The normalized spacial score (nSPS) is 11.1. The zero-order valence-electron chi connectivity index (χ0n) is 8.76. The number of hydrogen-bond acceptors (Lipinski definition) is 1. The lowest BCUT2D eigenvalue weighted by Gasteiger charge is -2.19. The lowest BCUT2D eigenvalue weighted by atomic mass is 9.86. The van der Waals surface area contributed by atoms with Crippen LogP contribution in [0.3, 0.4) is 0 Å². The Morgan fingerprint density at radius 3 is 2.43 bits per heavy atom. The van der Waals surface area contributed by atoms with Gasteiger partial charge in [0, 0.05) is 0 Å². The molecule has 0 bridgehead atoms. The van der Waals surface area contributed by atoms with Crippen molar-refractivity contribution < 1.29 is 4.39 Å². The van der Waals surface area contributed by atoms with Crippen LogP contribution in [0.5, 0.6) is 0 Å². The van der Waals surface area contributed by atoms with Crippen LogP contribution >= 0.6 is 0 Å². The molecule has 0 N–H and O–H groups in total. The molecule has 0 fully saturated rings. The molecule has 0 radical (unpaired) electrons. The molecular weight excluding hydrogens is 177 g/mol. The second-order valence-electron chi connectivity index (χ2n) is 4.40. The third-order valence-electron chi connectivity index (χ3n) is 2.12. The van der Waals surface area contributed by atoms with Gasteiger partial charge in [0.1, 0.15) is 5.82 Å². The zero-order valence-corrected chi connectivity index (χ0v) is 8.76. The summed E-state index contributed by atoms with van der Waals surface area (Å²) >= 11 is 0. The van der Waals surface area contributed by atoms with E-state index in [4.69, 9.17) is 5.26 Å². The molecule has 0 unspecified atom stereocenters. The topological polar surface area (TPSA) is 23.8 Å². The lowest BCUT2D eigenvalue weighted by Crippen LogP contribution is -2.13. The molecular formula is C12H14FN. The van der Waals surface area contributed by atoms with Gasteiger partial charge in [-0.3, -0.25) is 0 Å². The van der Waals surface area contributed by atoms with Crippen LogP contribution in [0.1, 0.15) is 31.9 Å². The molecule has 0 aromatic heterocycles. The van der Waals surface area contributed by atoms with Gasteiger partial charge in [0.25, 0.3) is 0 Å². The van der Waals surface area contributed by atoms with E-state index in [2.05, 4.69) is 0 Å². The van der Waals surface area contributed by atoms with Crippen LogP contribution in [0.4, 0.5) is 4.39 Å². The van der Waals surface area contributed by atoms with Gasteiger partial charge in [0.15, 0.2) is 0 Å². The van der Waals surface area contributed by atoms with Gasteiger partial charge in [-0.2, -0.15) is 5.26 Å². The van der Waals surface area contributed by atoms with Crippen LogP contribution < -0.4 is 0 Å². The minimum atomic E-state index is -0.217. The van der Waals surface area contributed by atoms with Gasteiger partial charge in [0.2, 0.25) is 0 Å². The van der Waals surface area contributed by atoms with Crippen molar-refractivity contribution in [3.05, 3.63) is 35.1 Å². The van der Waals surface area contributed by atoms with E-state index in [1.165, 1.54) is 6.07 Å². The van der Waals surface area contributed by atoms with E-state index >= 15 is 0 Å². The molecule has 2 heteroatoms. The highest BCUT2D eigenvalue weighted by atomic mass is 19.1. The first kappa shape index (κ1) is 10.7. The molecule has 74 valence electrons. The predicted octanol–water partition coefficient (Wildman–Crippen LogP) is 3.19. The average Bonchev–Trinajstić information content (AvgIpc) is 2.02. The van der Waals surface area contributed by atoms with E-state index in [-0.39, 0.29) is 17.7 Å². The average molecular weight is 191 g/mol. The molecule has 14 heavy (non-hydrogen) atoms.